The van der Waals surface area contributed by atoms with Crippen LogP contribution in [-0.4, -0.2) is 70.4 Å². The van der Waals surface area contributed by atoms with Crippen LogP contribution in [0.2, 0.25) is 0 Å². The number of aliphatic hydroxyl groups is 1. The monoisotopic (exact) mass is 635 g/mol. The normalized spacial score (nSPS) is 46.9. The molecule has 1 amide bonds. The van der Waals surface area contributed by atoms with Crippen LogP contribution in [0, 0.1) is 50.7 Å². The minimum Gasteiger partial charge on any atom is -0.458 e. The number of rotatable bonds is 4. The van der Waals surface area contributed by atoms with Crippen LogP contribution in [0.1, 0.15) is 110 Å². The van der Waals surface area contributed by atoms with Crippen LogP contribution in [0.25, 0.3) is 0 Å². The quantitative estimate of drug-likeness (QED) is 0.413. The summed E-state index contributed by atoms with van der Waals surface area (Å²) in [5.41, 5.74) is 7.02. The van der Waals surface area contributed by atoms with E-state index in [1.165, 1.54) is 0 Å². The van der Waals surface area contributed by atoms with E-state index in [0.717, 1.165) is 51.4 Å². The zero-order valence-corrected chi connectivity index (χ0v) is 29.3. The summed E-state index contributed by atoms with van der Waals surface area (Å²) in [5.74, 6) is 1.04. The van der Waals surface area contributed by atoms with Gasteiger partial charge in [-0.05, 0) is 103 Å². The van der Waals surface area contributed by atoms with Gasteiger partial charge in [0, 0.05) is 36.8 Å². The van der Waals surface area contributed by atoms with Crippen molar-refractivity contribution in [1.29, 1.82) is 0 Å². The van der Waals surface area contributed by atoms with Gasteiger partial charge in [-0.25, -0.2) is 4.79 Å². The molecule has 1 saturated heterocycles. The summed E-state index contributed by atoms with van der Waals surface area (Å²) in [6, 6.07) is 3.55. The third kappa shape index (κ3) is 4.17. The van der Waals surface area contributed by atoms with E-state index in [2.05, 4.69) is 32.7 Å². The van der Waals surface area contributed by atoms with E-state index in [1.807, 2.05) is 32.7 Å². The van der Waals surface area contributed by atoms with E-state index in [9.17, 15) is 14.7 Å². The van der Waals surface area contributed by atoms with Crippen LogP contribution in [0.15, 0.2) is 24.5 Å². The number of likely N-dealkylation sites (N-methyl/N-ethyl adjacent to an activating group) is 1. The molecule has 2 spiro atoms. The molecule has 7 rings (SSSR count). The van der Waals surface area contributed by atoms with Crippen molar-refractivity contribution in [2.24, 2.45) is 56.5 Å². The van der Waals surface area contributed by atoms with Crippen molar-refractivity contribution in [2.75, 3.05) is 13.6 Å². The first-order valence-corrected chi connectivity index (χ1v) is 17.9. The number of fused-ring (bicyclic) bond motifs is 4. The highest BCUT2D eigenvalue weighted by Gasteiger charge is 2.85. The highest BCUT2D eigenvalue weighted by Crippen LogP contribution is 2.87. The standard InChI is InChI=1S/C38H57N3O5/c1-22-18-24(20-41(8)32(44)33(2,3)4)45-29-28(22)35(7)15-16-37-21-36(37)14-13-27(46-31(43)23-10-9-17-40-19-23)34(5,6)25(36)11-12-26(37)38(35,39)30(29)42/h9-10,17,19,22,24-30,42H,11-16,18,20-21,39H2,1-8H3. The van der Waals surface area contributed by atoms with Crippen LogP contribution in [-0.2, 0) is 14.3 Å². The summed E-state index contributed by atoms with van der Waals surface area (Å²) >= 11 is 0. The molecule has 6 fully saturated rings. The number of pyridine rings is 1. The number of hydrogen-bond acceptors (Lipinski definition) is 7. The molecule has 254 valence electrons. The number of esters is 1. The van der Waals surface area contributed by atoms with Gasteiger partial charge in [-0.2, -0.15) is 0 Å². The summed E-state index contributed by atoms with van der Waals surface area (Å²) in [7, 11) is 1.87. The Morgan fingerprint density at radius 3 is 2.48 bits per heavy atom. The Bertz CT molecular complexity index is 1390. The Morgan fingerprint density at radius 2 is 1.80 bits per heavy atom. The van der Waals surface area contributed by atoms with Gasteiger partial charge >= 0.3 is 5.97 Å². The van der Waals surface area contributed by atoms with Gasteiger partial charge < -0.3 is 25.2 Å². The first kappa shape index (κ1) is 32.5. The minimum absolute atomic E-state index is 0.107. The second-order valence-electron chi connectivity index (χ2n) is 18.4. The van der Waals surface area contributed by atoms with Crippen molar-refractivity contribution in [2.45, 2.75) is 130 Å². The van der Waals surface area contributed by atoms with Crippen LogP contribution in [0.5, 0.6) is 0 Å². The lowest BCUT2D eigenvalue weighted by atomic mass is 9.43. The van der Waals surface area contributed by atoms with Gasteiger partial charge in [-0.3, -0.25) is 9.78 Å². The van der Waals surface area contributed by atoms with Crippen molar-refractivity contribution in [1.82, 2.24) is 9.88 Å². The minimum atomic E-state index is -0.738. The molecule has 12 unspecified atom stereocenters. The van der Waals surface area contributed by atoms with Gasteiger partial charge in [-0.15, -0.1) is 0 Å². The number of aliphatic hydroxyl groups excluding tert-OH is 1. The smallest absolute Gasteiger partial charge is 0.339 e. The number of nitrogens with two attached hydrogens (primary N) is 1. The number of nitrogens with zero attached hydrogens (tertiary/aromatic N) is 2. The maximum absolute atomic E-state index is 13.1. The fraction of sp³-hybridized carbons (Fsp3) is 0.816. The van der Waals surface area contributed by atoms with Crippen molar-refractivity contribution < 1.29 is 24.2 Å². The average Bonchev–Trinajstić information content (AvgIpc) is 3.63. The van der Waals surface area contributed by atoms with E-state index in [0.29, 0.717) is 23.9 Å². The molecular formula is C38H57N3O5. The first-order chi connectivity index (χ1) is 21.4. The summed E-state index contributed by atoms with van der Waals surface area (Å²) in [6.07, 6.45) is 10.1. The Balaban J connectivity index is 1.12. The number of carbonyl (C=O) groups is 2. The van der Waals surface area contributed by atoms with Gasteiger partial charge in [0.1, 0.15) is 6.10 Å². The van der Waals surface area contributed by atoms with E-state index >= 15 is 0 Å². The molecule has 0 radical (unpaired) electrons. The van der Waals surface area contributed by atoms with Crippen molar-refractivity contribution in [3.8, 4) is 0 Å². The first-order valence-electron chi connectivity index (χ1n) is 17.9. The summed E-state index contributed by atoms with van der Waals surface area (Å²) < 4.78 is 13.0. The SMILES string of the molecule is CC1CC(CN(C)C(=O)C(C)(C)C)OC2C1C1(C)CCC34CC35CCC(OC(=O)c3cccnc3)C(C)(C)C5CCC4C1(N)C2O. The van der Waals surface area contributed by atoms with E-state index in [-0.39, 0.29) is 63.7 Å². The van der Waals surface area contributed by atoms with Gasteiger partial charge in [0.05, 0.1) is 29.4 Å². The lowest BCUT2D eigenvalue weighted by Crippen LogP contribution is -2.70. The molecular weight excluding hydrogens is 578 g/mol. The van der Waals surface area contributed by atoms with Crippen LogP contribution in [0.4, 0.5) is 0 Å². The fourth-order valence-electron chi connectivity index (χ4n) is 13.0. The molecule has 1 aromatic rings. The fourth-order valence-corrected chi connectivity index (χ4v) is 13.0. The van der Waals surface area contributed by atoms with Crippen molar-refractivity contribution in [3.05, 3.63) is 30.1 Å². The molecule has 0 bridgehead atoms. The molecule has 6 aliphatic rings. The summed E-state index contributed by atoms with van der Waals surface area (Å²) in [5, 5.41) is 12.4. The number of hydrogen-bond donors (Lipinski definition) is 2. The molecule has 0 aromatic carbocycles. The van der Waals surface area contributed by atoms with Gasteiger partial charge in [0.25, 0.3) is 0 Å². The second-order valence-corrected chi connectivity index (χ2v) is 18.4. The molecule has 3 N–H and O–H groups in total. The highest BCUT2D eigenvalue weighted by atomic mass is 16.5. The molecule has 8 heteroatoms. The molecule has 5 aliphatic carbocycles. The Labute approximate surface area is 275 Å². The third-order valence-corrected chi connectivity index (χ3v) is 14.9. The third-order valence-electron chi connectivity index (χ3n) is 14.9. The van der Waals surface area contributed by atoms with E-state index < -0.39 is 17.1 Å². The lowest BCUT2D eigenvalue weighted by Gasteiger charge is -2.63. The van der Waals surface area contributed by atoms with E-state index in [4.69, 9.17) is 15.2 Å². The zero-order chi connectivity index (χ0) is 33.2. The van der Waals surface area contributed by atoms with Crippen molar-refractivity contribution in [3.63, 3.8) is 0 Å². The number of amides is 1. The van der Waals surface area contributed by atoms with Crippen LogP contribution < -0.4 is 5.73 Å². The Morgan fingerprint density at radius 1 is 1.11 bits per heavy atom. The number of aromatic nitrogens is 1. The maximum atomic E-state index is 13.1. The van der Waals surface area contributed by atoms with Crippen LogP contribution >= 0.6 is 0 Å². The molecule has 8 nitrogen and oxygen atoms in total. The van der Waals surface area contributed by atoms with Gasteiger partial charge in [0.15, 0.2) is 0 Å². The summed E-state index contributed by atoms with van der Waals surface area (Å²) in [6.45, 7) is 15.7. The van der Waals surface area contributed by atoms with Gasteiger partial charge in [0.2, 0.25) is 5.91 Å². The molecule has 2 heterocycles. The van der Waals surface area contributed by atoms with Gasteiger partial charge in [-0.1, -0.05) is 48.5 Å². The lowest BCUT2D eigenvalue weighted by molar-refractivity contribution is -0.156. The summed E-state index contributed by atoms with van der Waals surface area (Å²) in [4.78, 5) is 32.0. The largest absolute Gasteiger partial charge is 0.458 e. The number of ether oxygens (including phenoxy) is 2. The predicted molar refractivity (Wildman–Crippen MR) is 175 cm³/mol. The van der Waals surface area contributed by atoms with Crippen LogP contribution in [0.3, 0.4) is 0 Å². The van der Waals surface area contributed by atoms with E-state index in [1.54, 1.807) is 24.5 Å². The molecule has 12 atom stereocenters. The molecule has 46 heavy (non-hydrogen) atoms. The second kappa shape index (κ2) is 10.2. The zero-order valence-electron chi connectivity index (χ0n) is 29.3. The average molecular weight is 636 g/mol. The van der Waals surface area contributed by atoms with Crippen molar-refractivity contribution >= 4 is 11.9 Å². The predicted octanol–water partition coefficient (Wildman–Crippen LogP) is 5.62. The molecule has 1 aromatic heterocycles. The Hall–Kier alpha value is -2.03. The molecule has 1 aliphatic heterocycles. The number of carbonyl (C=O) groups excluding carboxylic acids is 2. The highest BCUT2D eigenvalue weighted by molar-refractivity contribution is 5.89. The Kier molecular flexibility index (Phi) is 7.24. The maximum Gasteiger partial charge on any atom is 0.339 e. The topological polar surface area (TPSA) is 115 Å². The molecule has 5 saturated carbocycles.